The molecule has 1 heterocycles. The summed E-state index contributed by atoms with van der Waals surface area (Å²) in [7, 11) is 0. The number of hydrogen-bond donors (Lipinski definition) is 3. The van der Waals surface area contributed by atoms with E-state index in [1.807, 2.05) is 18.2 Å². The van der Waals surface area contributed by atoms with Gasteiger partial charge in [0.25, 0.3) is 5.91 Å². The number of piperazine rings is 1. The molecule has 2 aromatic rings. The molecule has 2 aromatic carbocycles. The number of carbonyl (C=O) groups excluding carboxylic acids is 1. The fraction of sp³-hybridized carbons (Fsp3) is 0.409. The summed E-state index contributed by atoms with van der Waals surface area (Å²) in [4.78, 5) is 15.4. The third-order valence-corrected chi connectivity index (χ3v) is 5.45. The van der Waals surface area contributed by atoms with Crippen LogP contribution >= 0.6 is 0 Å². The Morgan fingerprint density at radius 3 is 2.23 bits per heavy atom. The van der Waals surface area contributed by atoms with Gasteiger partial charge in [-0.2, -0.15) is 0 Å². The molecular formula is C22H31N3O+2. The summed E-state index contributed by atoms with van der Waals surface area (Å²) in [6.07, 6.45) is 0.935. The Bertz CT molecular complexity index is 736. The van der Waals surface area contributed by atoms with E-state index in [2.05, 4.69) is 49.5 Å². The number of carbonyl (C=O) groups is 1. The molecule has 1 fully saturated rings. The van der Waals surface area contributed by atoms with Gasteiger partial charge in [0, 0.05) is 11.3 Å². The van der Waals surface area contributed by atoms with Crippen molar-refractivity contribution in [1.29, 1.82) is 0 Å². The van der Waals surface area contributed by atoms with E-state index in [0.29, 0.717) is 6.54 Å². The van der Waals surface area contributed by atoms with Crippen molar-refractivity contribution >= 4 is 11.6 Å². The van der Waals surface area contributed by atoms with Crippen LogP contribution in [0, 0.1) is 6.92 Å². The minimum Gasteiger partial charge on any atom is -0.322 e. The van der Waals surface area contributed by atoms with Crippen molar-refractivity contribution in [1.82, 2.24) is 0 Å². The molecule has 0 spiro atoms. The van der Waals surface area contributed by atoms with Gasteiger partial charge in [0.05, 0.1) is 0 Å². The molecule has 0 unspecified atom stereocenters. The van der Waals surface area contributed by atoms with Crippen LogP contribution in [0.5, 0.6) is 0 Å². The lowest BCUT2D eigenvalue weighted by Gasteiger charge is -2.29. The number of anilines is 1. The molecule has 1 aliphatic rings. The number of hydrogen-bond acceptors (Lipinski definition) is 1. The van der Waals surface area contributed by atoms with Crippen molar-refractivity contribution in [2.45, 2.75) is 26.8 Å². The summed E-state index contributed by atoms with van der Waals surface area (Å²) in [6.45, 7) is 10.3. The highest BCUT2D eigenvalue weighted by Crippen LogP contribution is 2.14. The first-order valence-corrected chi connectivity index (χ1v) is 9.75. The molecule has 3 N–H and O–H groups in total. The molecule has 0 aromatic heterocycles. The van der Waals surface area contributed by atoms with Crippen LogP contribution in [0.4, 0.5) is 5.69 Å². The Hall–Kier alpha value is -2.17. The van der Waals surface area contributed by atoms with Gasteiger partial charge in [-0.25, -0.2) is 0 Å². The highest BCUT2D eigenvalue weighted by Gasteiger charge is 2.25. The van der Waals surface area contributed by atoms with Gasteiger partial charge >= 0.3 is 0 Å². The lowest BCUT2D eigenvalue weighted by molar-refractivity contribution is -1.02. The Kier molecular flexibility index (Phi) is 6.42. The molecule has 0 bridgehead atoms. The minimum atomic E-state index is 0.128. The lowest BCUT2D eigenvalue weighted by Crippen LogP contribution is -3.28. The summed E-state index contributed by atoms with van der Waals surface area (Å²) < 4.78 is 0. The molecule has 0 radical (unpaired) electrons. The van der Waals surface area contributed by atoms with Gasteiger partial charge in [-0.1, -0.05) is 49.4 Å². The maximum atomic E-state index is 12.4. The van der Waals surface area contributed by atoms with E-state index < -0.39 is 0 Å². The highest BCUT2D eigenvalue weighted by atomic mass is 16.2. The van der Waals surface area contributed by atoms with Crippen LogP contribution in [0.2, 0.25) is 0 Å². The molecule has 0 aliphatic carbocycles. The van der Waals surface area contributed by atoms with Gasteiger partial charge in [-0.3, -0.25) is 4.79 Å². The van der Waals surface area contributed by atoms with Crippen molar-refractivity contribution < 1.29 is 14.6 Å². The molecule has 1 amide bonds. The molecule has 4 heteroatoms. The zero-order chi connectivity index (χ0) is 18.4. The van der Waals surface area contributed by atoms with Crippen LogP contribution in [0.15, 0.2) is 48.5 Å². The standard InChI is InChI=1S/C22H29N3O/c1-3-19-9-6-7-11-21(19)23-22(26)17-25-14-12-24(13-15-25)16-20-10-5-4-8-18(20)2/h4-11H,3,12-17H2,1-2H3,(H,23,26)/p+2. The molecule has 138 valence electrons. The number of quaternary nitrogens is 2. The Balaban J connectivity index is 1.46. The van der Waals surface area contributed by atoms with E-state index in [4.69, 9.17) is 0 Å². The highest BCUT2D eigenvalue weighted by molar-refractivity contribution is 5.92. The van der Waals surface area contributed by atoms with Crippen molar-refractivity contribution in [3.05, 3.63) is 65.2 Å². The van der Waals surface area contributed by atoms with Crippen molar-refractivity contribution in [2.75, 3.05) is 38.0 Å². The first-order valence-electron chi connectivity index (χ1n) is 9.75. The second-order valence-corrected chi connectivity index (χ2v) is 7.34. The summed E-state index contributed by atoms with van der Waals surface area (Å²) in [5.41, 5.74) is 4.98. The molecule has 1 saturated heterocycles. The van der Waals surface area contributed by atoms with Crippen LogP contribution in [-0.4, -0.2) is 38.6 Å². The average molecular weight is 354 g/mol. The largest absolute Gasteiger partial charge is 0.322 e. The van der Waals surface area contributed by atoms with E-state index >= 15 is 0 Å². The summed E-state index contributed by atoms with van der Waals surface area (Å²) >= 11 is 0. The van der Waals surface area contributed by atoms with Gasteiger partial charge < -0.3 is 15.1 Å². The van der Waals surface area contributed by atoms with E-state index in [1.54, 1.807) is 4.90 Å². The maximum Gasteiger partial charge on any atom is 0.279 e. The number of aryl methyl sites for hydroxylation is 2. The molecule has 26 heavy (non-hydrogen) atoms. The van der Waals surface area contributed by atoms with Crippen LogP contribution in [0.1, 0.15) is 23.6 Å². The quantitative estimate of drug-likeness (QED) is 0.694. The fourth-order valence-corrected chi connectivity index (χ4v) is 3.76. The van der Waals surface area contributed by atoms with Crippen LogP contribution in [-0.2, 0) is 17.8 Å². The smallest absolute Gasteiger partial charge is 0.279 e. The molecule has 0 saturated carbocycles. The van der Waals surface area contributed by atoms with E-state index in [0.717, 1.165) is 44.8 Å². The number of para-hydroxylation sites is 1. The van der Waals surface area contributed by atoms with Gasteiger partial charge in [0.15, 0.2) is 6.54 Å². The second-order valence-electron chi connectivity index (χ2n) is 7.34. The zero-order valence-corrected chi connectivity index (χ0v) is 16.0. The van der Waals surface area contributed by atoms with Gasteiger partial charge in [-0.15, -0.1) is 0 Å². The average Bonchev–Trinajstić information content (AvgIpc) is 2.65. The summed E-state index contributed by atoms with van der Waals surface area (Å²) in [6, 6.07) is 16.7. The predicted octanol–water partition coefficient (Wildman–Crippen LogP) is 0.480. The van der Waals surface area contributed by atoms with Crippen LogP contribution < -0.4 is 15.1 Å². The van der Waals surface area contributed by atoms with Gasteiger partial charge in [0.1, 0.15) is 32.7 Å². The molecular weight excluding hydrogens is 322 g/mol. The second kappa shape index (κ2) is 8.97. The predicted molar refractivity (Wildman–Crippen MR) is 106 cm³/mol. The Labute approximate surface area is 156 Å². The molecule has 1 aliphatic heterocycles. The SMILES string of the molecule is CCc1ccccc1NC(=O)C[NH+]1CC[NH+](Cc2ccccc2C)CC1. The van der Waals surface area contributed by atoms with E-state index in [9.17, 15) is 4.79 Å². The van der Waals surface area contributed by atoms with Gasteiger partial charge in [0.2, 0.25) is 0 Å². The van der Waals surface area contributed by atoms with Crippen LogP contribution in [0.3, 0.4) is 0 Å². The first kappa shape index (κ1) is 18.6. The van der Waals surface area contributed by atoms with E-state index in [1.165, 1.54) is 21.6 Å². The van der Waals surface area contributed by atoms with Crippen LogP contribution in [0.25, 0.3) is 0 Å². The third-order valence-electron chi connectivity index (χ3n) is 5.45. The van der Waals surface area contributed by atoms with E-state index in [-0.39, 0.29) is 5.91 Å². The summed E-state index contributed by atoms with van der Waals surface area (Å²) in [5, 5.41) is 3.10. The van der Waals surface area contributed by atoms with Crippen molar-refractivity contribution in [3.8, 4) is 0 Å². The van der Waals surface area contributed by atoms with Crippen molar-refractivity contribution in [3.63, 3.8) is 0 Å². The Morgan fingerprint density at radius 2 is 1.54 bits per heavy atom. The molecule has 0 atom stereocenters. The number of amides is 1. The zero-order valence-electron chi connectivity index (χ0n) is 16.0. The number of nitrogens with one attached hydrogen (secondary N) is 3. The topological polar surface area (TPSA) is 38.0 Å². The molecule has 4 nitrogen and oxygen atoms in total. The monoisotopic (exact) mass is 353 g/mol. The maximum absolute atomic E-state index is 12.4. The van der Waals surface area contributed by atoms with Gasteiger partial charge in [-0.05, 0) is 30.5 Å². The lowest BCUT2D eigenvalue weighted by atomic mass is 10.1. The summed E-state index contributed by atoms with van der Waals surface area (Å²) in [5.74, 6) is 0.128. The Morgan fingerprint density at radius 1 is 0.923 bits per heavy atom. The minimum absolute atomic E-state index is 0.128. The molecule has 3 rings (SSSR count). The number of rotatable bonds is 6. The number of benzene rings is 2. The first-order chi connectivity index (χ1) is 12.7. The fourth-order valence-electron chi connectivity index (χ4n) is 3.76. The normalized spacial score (nSPS) is 19.9. The third kappa shape index (κ3) is 4.93. The van der Waals surface area contributed by atoms with Crippen molar-refractivity contribution in [2.24, 2.45) is 0 Å².